The van der Waals surface area contributed by atoms with Crippen LogP contribution in [0, 0.1) is 0 Å². The zero-order chi connectivity index (χ0) is 14.2. The molecule has 0 aliphatic carbocycles. The molecule has 0 bridgehead atoms. The molecule has 1 heterocycles. The van der Waals surface area contributed by atoms with Crippen molar-refractivity contribution in [1.82, 2.24) is 0 Å². The fourth-order valence-electron chi connectivity index (χ4n) is 2.03. The molecular formula is C12H13Cl2NO4. The van der Waals surface area contributed by atoms with E-state index in [9.17, 15) is 4.79 Å². The van der Waals surface area contributed by atoms with Crippen LogP contribution in [-0.4, -0.2) is 44.2 Å². The molecule has 0 atom stereocenters. The third-order valence-electron chi connectivity index (χ3n) is 3.19. The second-order valence-corrected chi connectivity index (χ2v) is 5.08. The molecule has 5 nitrogen and oxygen atoms in total. The second kappa shape index (κ2) is 5.17. The summed E-state index contributed by atoms with van der Waals surface area (Å²) < 4.78 is 10.5. The first kappa shape index (κ1) is 14.4. The summed E-state index contributed by atoms with van der Waals surface area (Å²) in [5.74, 6) is -1.72. The maximum Gasteiger partial charge on any atom is 0.335 e. The second-order valence-electron chi connectivity index (χ2n) is 4.27. The first-order valence-electron chi connectivity index (χ1n) is 5.50. The number of rotatable bonds is 4. The Morgan fingerprint density at radius 1 is 1.26 bits per heavy atom. The van der Waals surface area contributed by atoms with Crippen molar-refractivity contribution >= 4 is 34.9 Å². The van der Waals surface area contributed by atoms with Crippen molar-refractivity contribution < 1.29 is 19.4 Å². The molecule has 0 unspecified atom stereocenters. The Kier molecular flexibility index (Phi) is 3.92. The first-order valence-corrected chi connectivity index (χ1v) is 6.25. The average molecular weight is 306 g/mol. The molecule has 1 N–H and O–H groups in total. The fourth-order valence-corrected chi connectivity index (χ4v) is 2.75. The van der Waals surface area contributed by atoms with Crippen LogP contribution < -0.4 is 4.90 Å². The lowest BCUT2D eigenvalue weighted by atomic mass is 10.1. The molecule has 0 radical (unpaired) electrons. The highest BCUT2D eigenvalue weighted by Gasteiger charge is 2.45. The van der Waals surface area contributed by atoms with Crippen LogP contribution in [0.15, 0.2) is 12.1 Å². The smallest absolute Gasteiger partial charge is 0.335 e. The van der Waals surface area contributed by atoms with Crippen LogP contribution in [0.2, 0.25) is 10.0 Å². The molecule has 7 heteroatoms. The van der Waals surface area contributed by atoms with Crippen molar-refractivity contribution in [3.05, 3.63) is 27.7 Å². The Morgan fingerprint density at radius 3 is 2.11 bits per heavy atom. The van der Waals surface area contributed by atoms with Crippen LogP contribution in [-0.2, 0) is 9.47 Å². The van der Waals surface area contributed by atoms with E-state index in [2.05, 4.69) is 0 Å². The van der Waals surface area contributed by atoms with E-state index in [1.54, 1.807) is 14.2 Å². The minimum Gasteiger partial charge on any atom is -0.478 e. The van der Waals surface area contributed by atoms with Crippen LogP contribution in [0.3, 0.4) is 0 Å². The van der Waals surface area contributed by atoms with Crippen molar-refractivity contribution in [1.29, 1.82) is 0 Å². The summed E-state index contributed by atoms with van der Waals surface area (Å²) in [4.78, 5) is 12.8. The van der Waals surface area contributed by atoms with Gasteiger partial charge in [-0.15, -0.1) is 0 Å². The van der Waals surface area contributed by atoms with Gasteiger partial charge in [-0.3, -0.25) is 0 Å². The van der Waals surface area contributed by atoms with E-state index in [0.717, 1.165) is 0 Å². The molecule has 0 saturated carbocycles. The maximum absolute atomic E-state index is 10.9. The van der Waals surface area contributed by atoms with Gasteiger partial charge in [0.1, 0.15) is 0 Å². The highest BCUT2D eigenvalue weighted by molar-refractivity contribution is 6.39. The summed E-state index contributed by atoms with van der Waals surface area (Å²) in [5.41, 5.74) is 0.655. The van der Waals surface area contributed by atoms with Crippen molar-refractivity contribution in [3.8, 4) is 0 Å². The number of halogens is 2. The highest BCUT2D eigenvalue weighted by atomic mass is 35.5. The number of hydrogen-bond acceptors (Lipinski definition) is 4. The largest absolute Gasteiger partial charge is 0.478 e. The molecule has 1 aliphatic heterocycles. The zero-order valence-corrected chi connectivity index (χ0v) is 12.0. The number of hydrogen-bond donors (Lipinski definition) is 1. The minimum atomic E-state index is -1.07. The normalized spacial score (nSPS) is 17.2. The van der Waals surface area contributed by atoms with Crippen molar-refractivity contribution in [2.75, 3.05) is 32.2 Å². The van der Waals surface area contributed by atoms with Gasteiger partial charge in [0.25, 0.3) is 0 Å². The minimum absolute atomic E-state index is 0.0593. The lowest BCUT2D eigenvalue weighted by Crippen LogP contribution is -2.64. The number of methoxy groups -OCH3 is 2. The molecule has 1 aromatic carbocycles. The zero-order valence-electron chi connectivity index (χ0n) is 10.4. The van der Waals surface area contributed by atoms with Gasteiger partial charge in [0.15, 0.2) is 0 Å². The molecule has 1 aromatic rings. The van der Waals surface area contributed by atoms with Gasteiger partial charge in [0.05, 0.1) is 34.4 Å². The van der Waals surface area contributed by atoms with E-state index in [1.165, 1.54) is 12.1 Å². The molecule has 0 amide bonds. The third kappa shape index (κ3) is 2.51. The molecule has 1 saturated heterocycles. The number of carboxylic acids is 1. The molecular weight excluding hydrogens is 293 g/mol. The monoisotopic (exact) mass is 305 g/mol. The van der Waals surface area contributed by atoms with Crippen LogP contribution >= 0.6 is 23.2 Å². The number of carbonyl (C=O) groups is 1. The van der Waals surface area contributed by atoms with Crippen molar-refractivity contribution in [2.45, 2.75) is 5.79 Å². The summed E-state index contributed by atoms with van der Waals surface area (Å²) in [7, 11) is 3.13. The van der Waals surface area contributed by atoms with Crippen molar-refractivity contribution in [2.24, 2.45) is 0 Å². The maximum atomic E-state index is 10.9. The van der Waals surface area contributed by atoms with Gasteiger partial charge in [-0.2, -0.15) is 0 Å². The van der Waals surface area contributed by atoms with Gasteiger partial charge in [-0.05, 0) is 12.1 Å². The Labute approximate surface area is 120 Å². The number of aromatic carboxylic acids is 1. The number of benzene rings is 1. The topological polar surface area (TPSA) is 59.0 Å². The molecule has 19 heavy (non-hydrogen) atoms. The molecule has 1 aliphatic rings. The van der Waals surface area contributed by atoms with Crippen molar-refractivity contribution in [3.63, 3.8) is 0 Å². The standard InChI is InChI=1S/C12H13Cl2NO4/c1-18-12(19-2)5-15(6-12)10-8(13)3-7(11(16)17)4-9(10)14/h3-4H,5-6H2,1-2H3,(H,16,17). The molecule has 0 spiro atoms. The van der Waals surface area contributed by atoms with Gasteiger partial charge in [-0.25, -0.2) is 4.79 Å². The van der Waals surface area contributed by atoms with Gasteiger partial charge in [0, 0.05) is 14.2 Å². The Bertz CT molecular complexity index is 485. The quantitative estimate of drug-likeness (QED) is 0.866. The summed E-state index contributed by atoms with van der Waals surface area (Å²) in [6, 6.07) is 2.76. The third-order valence-corrected chi connectivity index (χ3v) is 3.76. The number of anilines is 1. The van der Waals surface area contributed by atoms with E-state index in [1.807, 2.05) is 4.90 Å². The summed E-state index contributed by atoms with van der Waals surface area (Å²) >= 11 is 12.2. The molecule has 104 valence electrons. The van der Waals surface area contributed by atoms with E-state index < -0.39 is 11.8 Å². The predicted octanol–water partition coefficient (Wildman–Crippen LogP) is 2.50. The SMILES string of the molecule is COC1(OC)CN(c2c(Cl)cc(C(=O)O)cc2Cl)C1. The number of ether oxygens (including phenoxy) is 2. The summed E-state index contributed by atoms with van der Waals surface area (Å²) in [6.07, 6.45) is 0. The van der Waals surface area contributed by atoms with E-state index in [-0.39, 0.29) is 5.56 Å². The van der Waals surface area contributed by atoms with E-state index in [4.69, 9.17) is 37.8 Å². The van der Waals surface area contributed by atoms with Crippen LogP contribution in [0.5, 0.6) is 0 Å². The van der Waals surface area contributed by atoms with Gasteiger partial charge < -0.3 is 19.5 Å². The summed E-state index contributed by atoms with van der Waals surface area (Å²) in [5, 5.41) is 9.52. The number of nitrogens with zero attached hydrogens (tertiary/aromatic N) is 1. The first-order chi connectivity index (χ1) is 8.92. The fraction of sp³-hybridized carbons (Fsp3) is 0.417. The summed E-state index contributed by atoms with van der Waals surface area (Å²) in [6.45, 7) is 0.956. The molecule has 2 rings (SSSR count). The lowest BCUT2D eigenvalue weighted by molar-refractivity contribution is -0.219. The lowest BCUT2D eigenvalue weighted by Gasteiger charge is -2.49. The van der Waals surface area contributed by atoms with Gasteiger partial charge in [-0.1, -0.05) is 23.2 Å². The predicted molar refractivity (Wildman–Crippen MR) is 72.4 cm³/mol. The van der Waals surface area contributed by atoms with Gasteiger partial charge in [0.2, 0.25) is 5.79 Å². The van der Waals surface area contributed by atoms with E-state index in [0.29, 0.717) is 28.8 Å². The average Bonchev–Trinajstić information content (AvgIpc) is 2.31. The van der Waals surface area contributed by atoms with Gasteiger partial charge >= 0.3 is 5.97 Å². The Morgan fingerprint density at radius 2 is 1.74 bits per heavy atom. The highest BCUT2D eigenvalue weighted by Crippen LogP contribution is 2.40. The van der Waals surface area contributed by atoms with E-state index >= 15 is 0 Å². The van der Waals surface area contributed by atoms with Crippen LogP contribution in [0.25, 0.3) is 0 Å². The number of carboxylic acid groups (broad SMARTS) is 1. The Hall–Kier alpha value is -1.01. The Balaban J connectivity index is 2.26. The molecule has 1 fully saturated rings. The van der Waals surface area contributed by atoms with Crippen LogP contribution in [0.4, 0.5) is 5.69 Å². The van der Waals surface area contributed by atoms with Crippen LogP contribution in [0.1, 0.15) is 10.4 Å². The molecule has 0 aromatic heterocycles.